The molecule has 0 unspecified atom stereocenters. The number of unbranched alkanes of at least 4 members (excludes halogenated alkanes) is 2. The van der Waals surface area contributed by atoms with Crippen molar-refractivity contribution in [3.63, 3.8) is 0 Å². The van der Waals surface area contributed by atoms with Crippen molar-refractivity contribution in [2.75, 3.05) is 6.54 Å². The van der Waals surface area contributed by atoms with Crippen LogP contribution in [0, 0.1) is 19.3 Å². The molecule has 0 atom stereocenters. The summed E-state index contributed by atoms with van der Waals surface area (Å²) in [5, 5.41) is 2.90. The molecule has 0 aliphatic carbocycles. The fourth-order valence-corrected chi connectivity index (χ4v) is 1.53. The molecule has 0 aliphatic heterocycles. The highest BCUT2D eigenvalue weighted by Gasteiger charge is 2.01. The number of aryl methyl sites for hydroxylation is 1. The molecule has 0 saturated carbocycles. The highest BCUT2D eigenvalue weighted by Crippen LogP contribution is 2.03. The van der Waals surface area contributed by atoms with Crippen LogP contribution in [0.4, 0.5) is 0 Å². The molecule has 0 aliphatic rings. The highest BCUT2D eigenvalue weighted by atomic mass is 16.1. The number of benzene rings is 1. The average Bonchev–Trinajstić information content (AvgIpc) is 2.32. The predicted octanol–water partition coefficient (Wildman–Crippen LogP) is 2.46. The molecule has 1 aromatic carbocycles. The van der Waals surface area contributed by atoms with Crippen LogP contribution in [0.3, 0.4) is 0 Å². The smallest absolute Gasteiger partial charge is 0.224 e. The van der Waals surface area contributed by atoms with E-state index in [1.807, 2.05) is 31.2 Å². The molecular weight excluding hydrogens is 210 g/mol. The van der Waals surface area contributed by atoms with E-state index >= 15 is 0 Å². The summed E-state index contributed by atoms with van der Waals surface area (Å²) >= 11 is 0. The number of nitrogens with one attached hydrogen (secondary N) is 1. The minimum atomic E-state index is 0.0783. The molecule has 0 radical (unpaired) electrons. The second-order valence-electron chi connectivity index (χ2n) is 4.17. The molecule has 0 fully saturated rings. The van der Waals surface area contributed by atoms with E-state index in [1.54, 1.807) is 0 Å². The van der Waals surface area contributed by atoms with Crippen LogP contribution in [0.1, 0.15) is 30.4 Å². The summed E-state index contributed by atoms with van der Waals surface area (Å²) < 4.78 is 0. The van der Waals surface area contributed by atoms with Gasteiger partial charge < -0.3 is 5.32 Å². The van der Waals surface area contributed by atoms with Crippen LogP contribution in [0.5, 0.6) is 0 Å². The molecule has 2 nitrogen and oxygen atoms in total. The minimum absolute atomic E-state index is 0.0783. The average molecular weight is 229 g/mol. The van der Waals surface area contributed by atoms with E-state index in [-0.39, 0.29) is 5.91 Å². The van der Waals surface area contributed by atoms with Crippen LogP contribution < -0.4 is 5.32 Å². The number of terminal acetylenes is 1. The monoisotopic (exact) mass is 229 g/mol. The van der Waals surface area contributed by atoms with Crippen LogP contribution in [-0.4, -0.2) is 12.5 Å². The molecule has 2 heteroatoms. The predicted molar refractivity (Wildman–Crippen MR) is 70.6 cm³/mol. The summed E-state index contributed by atoms with van der Waals surface area (Å²) in [5.41, 5.74) is 2.26. The normalized spacial score (nSPS) is 9.65. The Balaban J connectivity index is 2.21. The molecule has 0 heterocycles. The Bertz CT molecular complexity index is 386. The Morgan fingerprint density at radius 1 is 1.29 bits per heavy atom. The molecule has 1 amide bonds. The number of hydrogen-bond acceptors (Lipinski definition) is 1. The van der Waals surface area contributed by atoms with Crippen molar-refractivity contribution in [1.82, 2.24) is 5.32 Å². The van der Waals surface area contributed by atoms with Crippen molar-refractivity contribution in [3.05, 3.63) is 35.4 Å². The van der Waals surface area contributed by atoms with E-state index in [0.29, 0.717) is 13.0 Å². The van der Waals surface area contributed by atoms with E-state index in [4.69, 9.17) is 6.42 Å². The van der Waals surface area contributed by atoms with Gasteiger partial charge in [0.05, 0.1) is 6.42 Å². The van der Waals surface area contributed by atoms with E-state index in [2.05, 4.69) is 11.2 Å². The van der Waals surface area contributed by atoms with E-state index in [0.717, 1.165) is 24.8 Å². The molecule has 17 heavy (non-hydrogen) atoms. The Morgan fingerprint density at radius 3 is 2.65 bits per heavy atom. The first-order chi connectivity index (χ1) is 8.22. The zero-order valence-corrected chi connectivity index (χ0v) is 10.3. The van der Waals surface area contributed by atoms with Gasteiger partial charge in [-0.2, -0.15) is 0 Å². The molecule has 90 valence electrons. The zero-order valence-electron chi connectivity index (χ0n) is 10.3. The summed E-state index contributed by atoms with van der Waals surface area (Å²) in [6.45, 7) is 2.75. The first-order valence-electron chi connectivity index (χ1n) is 5.98. The third-order valence-corrected chi connectivity index (χ3v) is 2.56. The van der Waals surface area contributed by atoms with Crippen LogP contribution in [-0.2, 0) is 11.2 Å². The molecule has 0 aromatic heterocycles. The SMILES string of the molecule is C#CCCCCNC(=O)Cc1ccc(C)cc1. The van der Waals surface area contributed by atoms with Gasteiger partial charge in [-0.05, 0) is 25.3 Å². The minimum Gasteiger partial charge on any atom is -0.356 e. The van der Waals surface area contributed by atoms with Gasteiger partial charge in [-0.15, -0.1) is 12.3 Å². The Hall–Kier alpha value is -1.75. The second-order valence-corrected chi connectivity index (χ2v) is 4.17. The number of carbonyl (C=O) groups is 1. The number of carbonyl (C=O) groups excluding carboxylic acids is 1. The maximum absolute atomic E-state index is 11.6. The zero-order chi connectivity index (χ0) is 12.5. The Morgan fingerprint density at radius 2 is 2.00 bits per heavy atom. The first kappa shape index (κ1) is 13.3. The summed E-state index contributed by atoms with van der Waals surface area (Å²) in [5.74, 6) is 2.67. The van der Waals surface area contributed by atoms with Crippen LogP contribution >= 0.6 is 0 Å². The number of amides is 1. The maximum Gasteiger partial charge on any atom is 0.224 e. The van der Waals surface area contributed by atoms with Gasteiger partial charge in [0.25, 0.3) is 0 Å². The third kappa shape index (κ3) is 5.77. The largest absolute Gasteiger partial charge is 0.356 e. The molecule has 0 bridgehead atoms. The lowest BCUT2D eigenvalue weighted by atomic mass is 10.1. The lowest BCUT2D eigenvalue weighted by molar-refractivity contribution is -0.120. The molecular formula is C15H19NO. The molecule has 0 saturated heterocycles. The quantitative estimate of drug-likeness (QED) is 0.589. The van der Waals surface area contributed by atoms with Crippen molar-refractivity contribution in [1.29, 1.82) is 0 Å². The van der Waals surface area contributed by atoms with Crippen molar-refractivity contribution in [2.24, 2.45) is 0 Å². The van der Waals surface area contributed by atoms with Gasteiger partial charge in [-0.1, -0.05) is 29.8 Å². The molecule has 1 aromatic rings. The fourth-order valence-electron chi connectivity index (χ4n) is 1.53. The highest BCUT2D eigenvalue weighted by molar-refractivity contribution is 5.78. The van der Waals surface area contributed by atoms with Gasteiger partial charge in [0.1, 0.15) is 0 Å². The number of hydrogen-bond donors (Lipinski definition) is 1. The summed E-state index contributed by atoms with van der Waals surface area (Å²) in [7, 11) is 0. The summed E-state index contributed by atoms with van der Waals surface area (Å²) in [6, 6.07) is 8.03. The fraction of sp³-hybridized carbons (Fsp3) is 0.400. The number of rotatable bonds is 6. The standard InChI is InChI=1S/C15H19NO/c1-3-4-5-6-11-16-15(17)12-14-9-7-13(2)8-10-14/h1,7-10H,4-6,11-12H2,2H3,(H,16,17). The Kier molecular flexibility index (Phi) is 5.88. The van der Waals surface area contributed by atoms with Gasteiger partial charge in [0.2, 0.25) is 5.91 Å². The maximum atomic E-state index is 11.6. The van der Waals surface area contributed by atoms with E-state index in [9.17, 15) is 4.79 Å². The van der Waals surface area contributed by atoms with Gasteiger partial charge in [-0.3, -0.25) is 4.79 Å². The lowest BCUT2D eigenvalue weighted by Gasteiger charge is -2.04. The van der Waals surface area contributed by atoms with Crippen molar-refractivity contribution in [3.8, 4) is 12.3 Å². The second kappa shape index (κ2) is 7.51. The molecule has 1 rings (SSSR count). The third-order valence-electron chi connectivity index (χ3n) is 2.56. The van der Waals surface area contributed by atoms with Gasteiger partial charge in [0.15, 0.2) is 0 Å². The lowest BCUT2D eigenvalue weighted by Crippen LogP contribution is -2.26. The topological polar surface area (TPSA) is 29.1 Å². The van der Waals surface area contributed by atoms with E-state index < -0.39 is 0 Å². The van der Waals surface area contributed by atoms with Crippen LogP contribution in [0.25, 0.3) is 0 Å². The summed E-state index contributed by atoms with van der Waals surface area (Å²) in [4.78, 5) is 11.6. The summed E-state index contributed by atoms with van der Waals surface area (Å²) in [6.07, 6.45) is 8.31. The van der Waals surface area contributed by atoms with Crippen LogP contribution in [0.15, 0.2) is 24.3 Å². The van der Waals surface area contributed by atoms with E-state index in [1.165, 1.54) is 5.56 Å². The van der Waals surface area contributed by atoms with Gasteiger partial charge in [-0.25, -0.2) is 0 Å². The Labute approximate surface area is 103 Å². The molecule has 0 spiro atoms. The van der Waals surface area contributed by atoms with Crippen molar-refractivity contribution < 1.29 is 4.79 Å². The molecule has 1 N–H and O–H groups in total. The van der Waals surface area contributed by atoms with Gasteiger partial charge in [0, 0.05) is 13.0 Å². The van der Waals surface area contributed by atoms with Crippen LogP contribution in [0.2, 0.25) is 0 Å². The van der Waals surface area contributed by atoms with Crippen molar-refractivity contribution in [2.45, 2.75) is 32.6 Å². The first-order valence-corrected chi connectivity index (χ1v) is 5.98. The van der Waals surface area contributed by atoms with Crippen molar-refractivity contribution >= 4 is 5.91 Å². The van der Waals surface area contributed by atoms with Gasteiger partial charge >= 0.3 is 0 Å².